The van der Waals surface area contributed by atoms with Crippen molar-refractivity contribution in [3.63, 3.8) is 0 Å². The van der Waals surface area contributed by atoms with Crippen LogP contribution in [0.4, 0.5) is 0 Å². The second-order valence-corrected chi connectivity index (χ2v) is 6.21. The molecule has 0 fully saturated rings. The van der Waals surface area contributed by atoms with Gasteiger partial charge in [-0.15, -0.1) is 0 Å². The largest absolute Gasteiger partial charge is 0.313 e. The van der Waals surface area contributed by atoms with Gasteiger partial charge in [0.2, 0.25) is 0 Å². The summed E-state index contributed by atoms with van der Waals surface area (Å²) in [6, 6.07) is 10.5. The van der Waals surface area contributed by atoms with E-state index in [0.717, 1.165) is 24.3 Å². The van der Waals surface area contributed by atoms with Crippen molar-refractivity contribution >= 4 is 26.8 Å². The van der Waals surface area contributed by atoms with E-state index >= 15 is 0 Å². The van der Waals surface area contributed by atoms with Crippen molar-refractivity contribution in [2.75, 3.05) is 6.54 Å². The molecule has 0 aliphatic carbocycles. The SMILES string of the molecule is CCC(Br)CCNCc1cc(C)nc2ccccc12. The maximum Gasteiger partial charge on any atom is 0.0708 e. The molecule has 19 heavy (non-hydrogen) atoms. The van der Waals surface area contributed by atoms with Crippen LogP contribution in [0, 0.1) is 6.92 Å². The van der Waals surface area contributed by atoms with Crippen molar-refractivity contribution in [2.45, 2.75) is 38.1 Å². The van der Waals surface area contributed by atoms with Gasteiger partial charge in [0, 0.05) is 22.5 Å². The first-order valence-corrected chi connectivity index (χ1v) is 7.82. The van der Waals surface area contributed by atoms with Crippen LogP contribution >= 0.6 is 15.9 Å². The summed E-state index contributed by atoms with van der Waals surface area (Å²) in [4.78, 5) is 5.19. The minimum absolute atomic E-state index is 0.621. The smallest absolute Gasteiger partial charge is 0.0708 e. The summed E-state index contributed by atoms with van der Waals surface area (Å²) >= 11 is 3.66. The Bertz CT molecular complexity index is 539. The Morgan fingerprint density at radius 1 is 1.32 bits per heavy atom. The van der Waals surface area contributed by atoms with E-state index in [1.165, 1.54) is 23.8 Å². The number of fused-ring (bicyclic) bond motifs is 1. The third-order valence-corrected chi connectivity index (χ3v) is 4.43. The van der Waals surface area contributed by atoms with Gasteiger partial charge in [-0.05, 0) is 44.0 Å². The number of para-hydroxylation sites is 1. The number of aromatic nitrogens is 1. The summed E-state index contributed by atoms with van der Waals surface area (Å²) < 4.78 is 0. The van der Waals surface area contributed by atoms with Crippen LogP contribution in [0.2, 0.25) is 0 Å². The number of rotatable bonds is 6. The maximum absolute atomic E-state index is 4.57. The molecule has 102 valence electrons. The van der Waals surface area contributed by atoms with Gasteiger partial charge in [-0.1, -0.05) is 41.1 Å². The quantitative estimate of drug-likeness (QED) is 0.637. The van der Waals surface area contributed by atoms with E-state index in [4.69, 9.17) is 0 Å². The van der Waals surface area contributed by atoms with Gasteiger partial charge in [0.1, 0.15) is 0 Å². The summed E-state index contributed by atoms with van der Waals surface area (Å²) in [6.07, 6.45) is 2.34. The number of nitrogens with zero attached hydrogens (tertiary/aromatic N) is 1. The average molecular weight is 321 g/mol. The van der Waals surface area contributed by atoms with Crippen LogP contribution in [0.1, 0.15) is 31.0 Å². The Morgan fingerprint density at radius 3 is 2.89 bits per heavy atom. The molecular formula is C16H21BrN2. The van der Waals surface area contributed by atoms with Crippen LogP contribution in [0.3, 0.4) is 0 Å². The molecule has 0 radical (unpaired) electrons. The van der Waals surface area contributed by atoms with Crippen molar-refractivity contribution in [3.05, 3.63) is 41.6 Å². The third kappa shape index (κ3) is 4.02. The van der Waals surface area contributed by atoms with E-state index in [1.807, 2.05) is 6.07 Å². The van der Waals surface area contributed by atoms with Crippen LogP contribution in [0.15, 0.2) is 30.3 Å². The molecule has 1 N–H and O–H groups in total. The number of hydrogen-bond donors (Lipinski definition) is 1. The minimum Gasteiger partial charge on any atom is -0.313 e. The molecule has 3 heteroatoms. The molecule has 1 unspecified atom stereocenters. The zero-order valence-corrected chi connectivity index (χ0v) is 13.2. The minimum atomic E-state index is 0.621. The molecule has 0 aliphatic heterocycles. The topological polar surface area (TPSA) is 24.9 Å². The molecule has 0 saturated heterocycles. The first-order valence-electron chi connectivity index (χ1n) is 6.90. The molecule has 2 rings (SSSR count). The van der Waals surface area contributed by atoms with Gasteiger partial charge in [0.15, 0.2) is 0 Å². The molecule has 0 amide bonds. The number of nitrogens with one attached hydrogen (secondary N) is 1. The Kier molecular flexibility index (Phi) is 5.34. The zero-order valence-electron chi connectivity index (χ0n) is 11.6. The summed E-state index contributed by atoms with van der Waals surface area (Å²) in [5.41, 5.74) is 3.51. The second kappa shape index (κ2) is 7.01. The number of alkyl halides is 1. The van der Waals surface area contributed by atoms with Crippen molar-refractivity contribution < 1.29 is 0 Å². The Labute approximate surface area is 123 Å². The lowest BCUT2D eigenvalue weighted by atomic mass is 10.1. The van der Waals surface area contributed by atoms with Gasteiger partial charge in [-0.3, -0.25) is 4.98 Å². The molecule has 1 aromatic heterocycles. The Morgan fingerprint density at radius 2 is 2.11 bits per heavy atom. The molecule has 0 spiro atoms. The van der Waals surface area contributed by atoms with Crippen molar-refractivity contribution in [1.29, 1.82) is 0 Å². The van der Waals surface area contributed by atoms with Gasteiger partial charge in [-0.2, -0.15) is 0 Å². The normalized spacial score (nSPS) is 12.8. The molecule has 1 atom stereocenters. The molecule has 1 aromatic carbocycles. The van der Waals surface area contributed by atoms with Crippen LogP contribution in [-0.4, -0.2) is 16.4 Å². The highest BCUT2D eigenvalue weighted by atomic mass is 79.9. The van der Waals surface area contributed by atoms with Gasteiger partial charge in [-0.25, -0.2) is 0 Å². The first-order chi connectivity index (χ1) is 9.20. The van der Waals surface area contributed by atoms with E-state index in [9.17, 15) is 0 Å². The molecule has 2 nitrogen and oxygen atoms in total. The van der Waals surface area contributed by atoms with Crippen molar-refractivity contribution in [3.8, 4) is 0 Å². The lowest BCUT2D eigenvalue weighted by Crippen LogP contribution is -2.18. The number of benzene rings is 1. The van der Waals surface area contributed by atoms with E-state index in [0.29, 0.717) is 4.83 Å². The Hall–Kier alpha value is -0.930. The molecule has 0 saturated carbocycles. The zero-order chi connectivity index (χ0) is 13.7. The lowest BCUT2D eigenvalue weighted by molar-refractivity contribution is 0.631. The molecule has 0 aliphatic rings. The summed E-state index contributed by atoms with van der Waals surface area (Å²) in [6.45, 7) is 6.22. The standard InChI is InChI=1S/C16H21BrN2/c1-3-14(17)8-9-18-11-13-10-12(2)19-16-7-5-4-6-15(13)16/h4-7,10,14,18H,3,8-9,11H2,1-2H3. The predicted molar refractivity (Wildman–Crippen MR) is 85.8 cm³/mol. The number of hydrogen-bond acceptors (Lipinski definition) is 2. The number of aryl methyl sites for hydroxylation is 1. The third-order valence-electron chi connectivity index (χ3n) is 3.32. The monoisotopic (exact) mass is 320 g/mol. The van der Waals surface area contributed by atoms with Crippen LogP contribution in [0.25, 0.3) is 10.9 Å². The molecule has 2 aromatic rings. The lowest BCUT2D eigenvalue weighted by Gasteiger charge is -2.11. The van der Waals surface area contributed by atoms with Gasteiger partial charge in [0.05, 0.1) is 5.52 Å². The maximum atomic E-state index is 4.57. The molecule has 1 heterocycles. The van der Waals surface area contributed by atoms with E-state index in [1.54, 1.807) is 0 Å². The van der Waals surface area contributed by atoms with Crippen molar-refractivity contribution in [2.24, 2.45) is 0 Å². The van der Waals surface area contributed by atoms with Crippen molar-refractivity contribution in [1.82, 2.24) is 10.3 Å². The fourth-order valence-electron chi connectivity index (χ4n) is 2.23. The van der Waals surface area contributed by atoms with Gasteiger partial charge >= 0.3 is 0 Å². The van der Waals surface area contributed by atoms with Gasteiger partial charge in [0.25, 0.3) is 0 Å². The average Bonchev–Trinajstić information content (AvgIpc) is 2.42. The number of pyridine rings is 1. The summed E-state index contributed by atoms with van der Waals surface area (Å²) in [7, 11) is 0. The molecular weight excluding hydrogens is 300 g/mol. The summed E-state index contributed by atoms with van der Waals surface area (Å²) in [5, 5.41) is 4.78. The first kappa shape index (κ1) is 14.5. The van der Waals surface area contributed by atoms with E-state index in [2.05, 4.69) is 64.3 Å². The van der Waals surface area contributed by atoms with Crippen LogP contribution < -0.4 is 5.32 Å². The van der Waals surface area contributed by atoms with Crippen LogP contribution in [0.5, 0.6) is 0 Å². The van der Waals surface area contributed by atoms with E-state index in [-0.39, 0.29) is 0 Å². The highest BCUT2D eigenvalue weighted by molar-refractivity contribution is 9.09. The Balaban J connectivity index is 2.04. The fourth-order valence-corrected chi connectivity index (χ4v) is 2.46. The van der Waals surface area contributed by atoms with Gasteiger partial charge < -0.3 is 5.32 Å². The number of halogens is 1. The highest BCUT2D eigenvalue weighted by Gasteiger charge is 2.04. The predicted octanol–water partition coefficient (Wildman–Crippen LogP) is 4.20. The summed E-state index contributed by atoms with van der Waals surface area (Å²) in [5.74, 6) is 0. The fraction of sp³-hybridized carbons (Fsp3) is 0.438. The second-order valence-electron chi connectivity index (χ2n) is 4.91. The van der Waals surface area contributed by atoms with Crippen LogP contribution in [-0.2, 0) is 6.54 Å². The van der Waals surface area contributed by atoms with E-state index < -0.39 is 0 Å². The molecule has 0 bridgehead atoms. The highest BCUT2D eigenvalue weighted by Crippen LogP contribution is 2.18.